The number of anilines is 2. The lowest BCUT2D eigenvalue weighted by Crippen LogP contribution is -2.49. The standard InChI is InChI=1S/C28H40N4O3/c1-4-30-23-16-22(17-24(18-23)32-14-8-11-27(32)34)28(35)31-25(15-21-9-6-5-7-10-21)26(33)19-29-13-12-20(2)3/h5-7,9-10,16-18,20,25-26,29-30,33H,4,8,11-15,19H2,1-3H3,(H,31,35)/t25-,26+/m0/s1. The van der Waals surface area contributed by atoms with Crippen LogP contribution in [0.5, 0.6) is 0 Å². The number of carbonyl (C=O) groups is 2. The maximum atomic E-state index is 13.4. The van der Waals surface area contributed by atoms with E-state index < -0.39 is 12.1 Å². The molecule has 7 heteroatoms. The van der Waals surface area contributed by atoms with Crippen molar-refractivity contribution in [1.82, 2.24) is 10.6 Å². The van der Waals surface area contributed by atoms with Gasteiger partial charge in [0.05, 0.1) is 12.1 Å². The molecule has 2 amide bonds. The Bertz CT molecular complexity index is 964. The molecule has 0 radical (unpaired) electrons. The Morgan fingerprint density at radius 1 is 1.14 bits per heavy atom. The molecule has 0 aromatic heterocycles. The number of rotatable bonds is 13. The first kappa shape index (κ1) is 26.7. The quantitative estimate of drug-likeness (QED) is 0.329. The van der Waals surface area contributed by atoms with Crippen LogP contribution in [0.1, 0.15) is 56.0 Å². The van der Waals surface area contributed by atoms with E-state index in [0.717, 1.165) is 36.3 Å². The summed E-state index contributed by atoms with van der Waals surface area (Å²) in [6.45, 7) is 8.91. The molecule has 4 N–H and O–H groups in total. The van der Waals surface area contributed by atoms with Crippen molar-refractivity contribution in [3.05, 3.63) is 59.7 Å². The minimum Gasteiger partial charge on any atom is -0.390 e. The summed E-state index contributed by atoms with van der Waals surface area (Å²) in [6, 6.07) is 14.9. The number of hydrogen-bond donors (Lipinski definition) is 4. The van der Waals surface area contributed by atoms with Gasteiger partial charge in [-0.2, -0.15) is 0 Å². The van der Waals surface area contributed by atoms with E-state index in [1.807, 2.05) is 43.3 Å². The summed E-state index contributed by atoms with van der Waals surface area (Å²) >= 11 is 0. The van der Waals surface area contributed by atoms with Crippen molar-refractivity contribution in [2.45, 2.75) is 58.6 Å². The largest absolute Gasteiger partial charge is 0.390 e. The van der Waals surface area contributed by atoms with Gasteiger partial charge in [-0.15, -0.1) is 0 Å². The molecule has 3 rings (SSSR count). The summed E-state index contributed by atoms with van der Waals surface area (Å²) in [7, 11) is 0. The first-order chi connectivity index (χ1) is 16.9. The van der Waals surface area contributed by atoms with Gasteiger partial charge in [-0.05, 0) is 62.4 Å². The molecule has 7 nitrogen and oxygen atoms in total. The molecule has 1 aliphatic heterocycles. The third-order valence-corrected chi connectivity index (χ3v) is 6.28. The van der Waals surface area contributed by atoms with Gasteiger partial charge in [0.25, 0.3) is 5.91 Å². The lowest BCUT2D eigenvalue weighted by atomic mass is 10.00. The van der Waals surface area contributed by atoms with Crippen molar-refractivity contribution in [2.24, 2.45) is 5.92 Å². The third kappa shape index (κ3) is 8.08. The van der Waals surface area contributed by atoms with Crippen LogP contribution in [0.25, 0.3) is 0 Å². The fourth-order valence-corrected chi connectivity index (χ4v) is 4.31. The number of aliphatic hydroxyl groups excluding tert-OH is 1. The van der Waals surface area contributed by atoms with Gasteiger partial charge < -0.3 is 26.0 Å². The Kier molecular flexibility index (Phi) is 10.1. The fourth-order valence-electron chi connectivity index (χ4n) is 4.31. The maximum absolute atomic E-state index is 13.4. The van der Waals surface area contributed by atoms with E-state index in [1.165, 1.54) is 0 Å². The average molecular weight is 481 g/mol. The maximum Gasteiger partial charge on any atom is 0.251 e. The van der Waals surface area contributed by atoms with Gasteiger partial charge in [0, 0.05) is 43.0 Å². The average Bonchev–Trinajstić information content (AvgIpc) is 3.27. The second-order valence-electron chi connectivity index (χ2n) is 9.67. The molecule has 0 aliphatic carbocycles. The van der Waals surface area contributed by atoms with Crippen LogP contribution in [0, 0.1) is 5.92 Å². The molecule has 0 spiro atoms. The van der Waals surface area contributed by atoms with Crippen LogP contribution < -0.4 is 20.9 Å². The number of nitrogens with zero attached hydrogens (tertiary/aromatic N) is 1. The third-order valence-electron chi connectivity index (χ3n) is 6.28. The van der Waals surface area contributed by atoms with Crippen LogP contribution in [0.15, 0.2) is 48.5 Å². The van der Waals surface area contributed by atoms with Gasteiger partial charge in [-0.1, -0.05) is 44.2 Å². The van der Waals surface area contributed by atoms with Crippen molar-refractivity contribution in [1.29, 1.82) is 0 Å². The van der Waals surface area contributed by atoms with E-state index in [-0.39, 0.29) is 11.8 Å². The lowest BCUT2D eigenvalue weighted by molar-refractivity contribution is -0.117. The summed E-state index contributed by atoms with van der Waals surface area (Å²) in [5.41, 5.74) is 3.04. The van der Waals surface area contributed by atoms with Crippen LogP contribution >= 0.6 is 0 Å². The van der Waals surface area contributed by atoms with Crippen LogP contribution in [0.3, 0.4) is 0 Å². The summed E-state index contributed by atoms with van der Waals surface area (Å²) in [4.78, 5) is 27.5. The summed E-state index contributed by atoms with van der Waals surface area (Å²) < 4.78 is 0. The van der Waals surface area contributed by atoms with Crippen molar-refractivity contribution in [2.75, 3.05) is 36.4 Å². The van der Waals surface area contributed by atoms with E-state index >= 15 is 0 Å². The Morgan fingerprint density at radius 2 is 1.91 bits per heavy atom. The minimum absolute atomic E-state index is 0.0786. The number of carbonyl (C=O) groups excluding carboxylic acids is 2. The highest BCUT2D eigenvalue weighted by Crippen LogP contribution is 2.27. The predicted molar refractivity (Wildman–Crippen MR) is 142 cm³/mol. The van der Waals surface area contributed by atoms with Gasteiger partial charge in [-0.25, -0.2) is 0 Å². The molecule has 1 fully saturated rings. The number of amides is 2. The molecule has 2 aromatic carbocycles. The van der Waals surface area contributed by atoms with Crippen molar-refractivity contribution in [3.63, 3.8) is 0 Å². The smallest absolute Gasteiger partial charge is 0.251 e. The first-order valence-corrected chi connectivity index (χ1v) is 12.8. The molecule has 2 atom stereocenters. The molecular formula is C28H40N4O3. The Balaban J connectivity index is 1.78. The van der Waals surface area contributed by atoms with Crippen LogP contribution in [-0.2, 0) is 11.2 Å². The van der Waals surface area contributed by atoms with E-state index in [0.29, 0.717) is 44.0 Å². The van der Waals surface area contributed by atoms with E-state index in [9.17, 15) is 14.7 Å². The Labute approximate surface area is 209 Å². The van der Waals surface area contributed by atoms with Crippen molar-refractivity contribution in [3.8, 4) is 0 Å². The highest BCUT2D eigenvalue weighted by Gasteiger charge is 2.25. The van der Waals surface area contributed by atoms with Gasteiger partial charge in [0.2, 0.25) is 5.91 Å². The Hall–Kier alpha value is -2.90. The van der Waals surface area contributed by atoms with Gasteiger partial charge >= 0.3 is 0 Å². The second kappa shape index (κ2) is 13.3. The molecule has 190 valence electrons. The monoisotopic (exact) mass is 480 g/mol. The molecule has 0 bridgehead atoms. The molecule has 1 aliphatic rings. The number of nitrogens with one attached hydrogen (secondary N) is 3. The van der Waals surface area contributed by atoms with Crippen LogP contribution in [0.4, 0.5) is 11.4 Å². The zero-order chi connectivity index (χ0) is 25.2. The van der Waals surface area contributed by atoms with E-state index in [2.05, 4.69) is 29.8 Å². The second-order valence-corrected chi connectivity index (χ2v) is 9.67. The molecule has 2 aromatic rings. The molecule has 1 saturated heterocycles. The van der Waals surface area contributed by atoms with E-state index in [1.54, 1.807) is 17.0 Å². The van der Waals surface area contributed by atoms with E-state index in [4.69, 9.17) is 0 Å². The summed E-state index contributed by atoms with van der Waals surface area (Å²) in [5.74, 6) is 0.398. The zero-order valence-corrected chi connectivity index (χ0v) is 21.2. The number of benzene rings is 2. The first-order valence-electron chi connectivity index (χ1n) is 12.8. The van der Waals surface area contributed by atoms with Crippen LogP contribution in [0.2, 0.25) is 0 Å². The molecule has 0 saturated carbocycles. The summed E-state index contributed by atoms with van der Waals surface area (Å²) in [5, 5.41) is 20.6. The number of hydrogen-bond acceptors (Lipinski definition) is 5. The highest BCUT2D eigenvalue weighted by atomic mass is 16.3. The van der Waals surface area contributed by atoms with Gasteiger partial charge in [0.15, 0.2) is 0 Å². The zero-order valence-electron chi connectivity index (χ0n) is 21.2. The minimum atomic E-state index is -0.747. The predicted octanol–water partition coefficient (Wildman–Crippen LogP) is 3.58. The van der Waals surface area contributed by atoms with Gasteiger partial charge in [-0.3, -0.25) is 9.59 Å². The number of aliphatic hydroxyl groups is 1. The fraction of sp³-hybridized carbons (Fsp3) is 0.500. The lowest BCUT2D eigenvalue weighted by Gasteiger charge is -2.26. The molecule has 35 heavy (non-hydrogen) atoms. The van der Waals surface area contributed by atoms with Crippen LogP contribution in [-0.4, -0.2) is 55.2 Å². The SMILES string of the molecule is CCNc1cc(C(=O)N[C@@H](Cc2ccccc2)[C@H](O)CNCCC(C)C)cc(N2CCCC2=O)c1. The highest BCUT2D eigenvalue weighted by molar-refractivity contribution is 6.00. The molecular weight excluding hydrogens is 440 g/mol. The molecule has 1 heterocycles. The van der Waals surface area contributed by atoms with Crippen molar-refractivity contribution < 1.29 is 14.7 Å². The topological polar surface area (TPSA) is 93.7 Å². The Morgan fingerprint density at radius 3 is 2.57 bits per heavy atom. The normalized spacial score (nSPS) is 15.3. The van der Waals surface area contributed by atoms with Gasteiger partial charge in [0.1, 0.15) is 0 Å². The molecule has 0 unspecified atom stereocenters. The van der Waals surface area contributed by atoms with Crippen molar-refractivity contribution >= 4 is 23.2 Å². The summed E-state index contributed by atoms with van der Waals surface area (Å²) in [6.07, 6.45) is 2.15.